The van der Waals surface area contributed by atoms with Crippen LogP contribution in [0.2, 0.25) is 0 Å². The first-order valence-corrected chi connectivity index (χ1v) is 10.0. The van der Waals surface area contributed by atoms with Crippen molar-refractivity contribution < 1.29 is 4.79 Å². The molecule has 1 aromatic heterocycles. The van der Waals surface area contributed by atoms with E-state index in [-0.39, 0.29) is 5.91 Å². The van der Waals surface area contributed by atoms with E-state index in [0.717, 1.165) is 29.7 Å². The van der Waals surface area contributed by atoms with Crippen molar-refractivity contribution in [1.29, 1.82) is 0 Å². The second-order valence-corrected chi connectivity index (χ2v) is 8.20. The molecule has 3 aromatic rings. The van der Waals surface area contributed by atoms with Crippen molar-refractivity contribution in [2.45, 2.75) is 46.2 Å². The Hall–Kier alpha value is -2.59. The summed E-state index contributed by atoms with van der Waals surface area (Å²) in [6.07, 6.45) is 1.40. The van der Waals surface area contributed by atoms with Crippen molar-refractivity contribution in [2.24, 2.45) is 0 Å². The lowest BCUT2D eigenvalue weighted by Crippen LogP contribution is -2.45. The third kappa shape index (κ3) is 3.45. The zero-order valence-electron chi connectivity index (χ0n) is 17.2. The van der Waals surface area contributed by atoms with Gasteiger partial charge in [0.1, 0.15) is 0 Å². The predicted octanol–water partition coefficient (Wildman–Crippen LogP) is 3.81. The number of hydrogen-bond acceptors (Lipinski definition) is 2. The number of hydrogen-bond donors (Lipinski definition) is 2. The smallest absolute Gasteiger partial charge is 0.224 e. The van der Waals surface area contributed by atoms with Crippen LogP contribution in [-0.4, -0.2) is 35.4 Å². The van der Waals surface area contributed by atoms with Crippen molar-refractivity contribution >= 4 is 16.8 Å². The number of nitrogens with zero attached hydrogens (tertiary/aromatic N) is 1. The summed E-state index contributed by atoms with van der Waals surface area (Å²) in [6, 6.07) is 13.2. The van der Waals surface area contributed by atoms with Crippen molar-refractivity contribution in [3.8, 4) is 0 Å². The van der Waals surface area contributed by atoms with Crippen LogP contribution in [0.5, 0.6) is 0 Å². The van der Waals surface area contributed by atoms with Gasteiger partial charge < -0.3 is 10.3 Å². The number of carbonyl (C=O) groups is 1. The first-order valence-electron chi connectivity index (χ1n) is 10.0. The summed E-state index contributed by atoms with van der Waals surface area (Å²) in [7, 11) is 2.14. The van der Waals surface area contributed by atoms with Gasteiger partial charge in [-0.1, -0.05) is 36.4 Å². The Labute approximate surface area is 166 Å². The number of carbonyl (C=O) groups excluding carboxylic acids is 1. The molecule has 1 unspecified atom stereocenters. The maximum absolute atomic E-state index is 12.8. The number of nitrogens with one attached hydrogen (secondary N) is 2. The van der Waals surface area contributed by atoms with Crippen LogP contribution in [0.3, 0.4) is 0 Å². The molecule has 28 heavy (non-hydrogen) atoms. The van der Waals surface area contributed by atoms with E-state index in [4.69, 9.17) is 0 Å². The first kappa shape index (κ1) is 18.8. The van der Waals surface area contributed by atoms with E-state index in [1.165, 1.54) is 27.6 Å². The molecule has 1 atom stereocenters. The molecule has 2 N–H and O–H groups in total. The number of amides is 1. The highest BCUT2D eigenvalue weighted by atomic mass is 16.1. The number of benzene rings is 2. The minimum absolute atomic E-state index is 0.0946. The van der Waals surface area contributed by atoms with Gasteiger partial charge in [0.2, 0.25) is 5.91 Å². The van der Waals surface area contributed by atoms with Crippen LogP contribution >= 0.6 is 0 Å². The van der Waals surface area contributed by atoms with Crippen molar-refractivity contribution in [1.82, 2.24) is 15.2 Å². The fourth-order valence-electron chi connectivity index (χ4n) is 4.43. The highest BCUT2D eigenvalue weighted by Gasteiger charge is 2.23. The van der Waals surface area contributed by atoms with E-state index >= 15 is 0 Å². The van der Waals surface area contributed by atoms with E-state index in [2.05, 4.69) is 79.4 Å². The van der Waals surface area contributed by atoms with Gasteiger partial charge >= 0.3 is 0 Å². The van der Waals surface area contributed by atoms with Gasteiger partial charge in [-0.3, -0.25) is 9.69 Å². The van der Waals surface area contributed by atoms with Crippen LogP contribution in [0, 0.1) is 20.8 Å². The number of aryl methyl sites for hydroxylation is 3. The molecule has 0 saturated heterocycles. The molecule has 0 bridgehead atoms. The molecule has 0 radical (unpaired) electrons. The Balaban J connectivity index is 1.45. The molecule has 4 rings (SSSR count). The first-order chi connectivity index (χ1) is 13.4. The molecule has 4 nitrogen and oxygen atoms in total. The molecule has 1 aliphatic heterocycles. The Kier molecular flexibility index (Phi) is 4.98. The Morgan fingerprint density at radius 1 is 1.11 bits per heavy atom. The lowest BCUT2D eigenvalue weighted by atomic mass is 9.94. The number of fused-ring (bicyclic) bond motifs is 2. The summed E-state index contributed by atoms with van der Waals surface area (Å²) in [6.45, 7) is 7.91. The monoisotopic (exact) mass is 375 g/mol. The van der Waals surface area contributed by atoms with E-state index < -0.39 is 0 Å². The zero-order valence-corrected chi connectivity index (χ0v) is 17.2. The van der Waals surface area contributed by atoms with Crippen molar-refractivity contribution in [3.63, 3.8) is 0 Å². The molecular formula is C24H29N3O. The molecule has 0 aliphatic carbocycles. The van der Waals surface area contributed by atoms with Gasteiger partial charge in [-0.2, -0.15) is 0 Å². The summed E-state index contributed by atoms with van der Waals surface area (Å²) >= 11 is 0. The van der Waals surface area contributed by atoms with E-state index in [0.29, 0.717) is 19.0 Å². The Morgan fingerprint density at radius 3 is 2.61 bits per heavy atom. The molecule has 4 heteroatoms. The lowest BCUT2D eigenvalue weighted by molar-refractivity contribution is -0.120. The number of aromatic amines is 1. The molecule has 2 aromatic carbocycles. The molecule has 2 heterocycles. The second kappa shape index (κ2) is 7.44. The van der Waals surface area contributed by atoms with Gasteiger partial charge in [-0.25, -0.2) is 0 Å². The van der Waals surface area contributed by atoms with Gasteiger partial charge in [0.25, 0.3) is 0 Å². The van der Waals surface area contributed by atoms with E-state index in [1.54, 1.807) is 0 Å². The summed E-state index contributed by atoms with van der Waals surface area (Å²) in [5.41, 5.74) is 8.60. The number of H-pyrrole nitrogens is 1. The minimum Gasteiger partial charge on any atom is -0.358 e. The van der Waals surface area contributed by atoms with Crippen LogP contribution in [0.1, 0.15) is 33.5 Å². The fourth-order valence-corrected chi connectivity index (χ4v) is 4.43. The summed E-state index contributed by atoms with van der Waals surface area (Å²) < 4.78 is 0. The topological polar surface area (TPSA) is 48.1 Å². The maximum Gasteiger partial charge on any atom is 0.224 e. The molecule has 1 amide bonds. The summed E-state index contributed by atoms with van der Waals surface area (Å²) in [4.78, 5) is 18.6. The fraction of sp³-hybridized carbons (Fsp3) is 0.375. The standard InChI is InChI=1S/C24H29N3O/c1-15-9-10-16(2)24-23(15)21(17(3)26-24)12-22(28)25-13-20-11-18-7-5-6-8-19(18)14-27(20)4/h5-10,20,26H,11-14H2,1-4H3,(H,25,28). The molecular weight excluding hydrogens is 346 g/mol. The third-order valence-corrected chi connectivity index (χ3v) is 6.18. The zero-order chi connectivity index (χ0) is 19.8. The lowest BCUT2D eigenvalue weighted by Gasteiger charge is -2.34. The SMILES string of the molecule is Cc1[nH]c2c(C)ccc(C)c2c1CC(=O)NCC1Cc2ccccc2CN1C. The molecule has 146 valence electrons. The molecule has 0 saturated carbocycles. The van der Waals surface area contributed by atoms with Crippen LogP contribution in [-0.2, 0) is 24.2 Å². The summed E-state index contributed by atoms with van der Waals surface area (Å²) in [5.74, 6) is 0.0946. The normalized spacial score (nSPS) is 16.9. The van der Waals surface area contributed by atoms with E-state index in [1.807, 2.05) is 0 Å². The highest BCUT2D eigenvalue weighted by molar-refractivity contribution is 5.93. The van der Waals surface area contributed by atoms with Gasteiger partial charge in [-0.05, 0) is 62.1 Å². The average Bonchev–Trinajstić information content (AvgIpc) is 3.00. The van der Waals surface area contributed by atoms with Crippen LogP contribution in [0.4, 0.5) is 0 Å². The Morgan fingerprint density at radius 2 is 1.82 bits per heavy atom. The number of rotatable bonds is 4. The van der Waals surface area contributed by atoms with Gasteiger partial charge in [0, 0.05) is 35.7 Å². The van der Waals surface area contributed by atoms with Crippen LogP contribution in [0.15, 0.2) is 36.4 Å². The average molecular weight is 376 g/mol. The highest BCUT2D eigenvalue weighted by Crippen LogP contribution is 2.28. The Bertz CT molecular complexity index is 1030. The molecule has 0 fully saturated rings. The largest absolute Gasteiger partial charge is 0.358 e. The van der Waals surface area contributed by atoms with Crippen molar-refractivity contribution in [3.05, 3.63) is 69.9 Å². The van der Waals surface area contributed by atoms with Gasteiger partial charge in [0.15, 0.2) is 0 Å². The molecule has 0 spiro atoms. The third-order valence-electron chi connectivity index (χ3n) is 6.18. The van der Waals surface area contributed by atoms with Crippen molar-refractivity contribution in [2.75, 3.05) is 13.6 Å². The summed E-state index contributed by atoms with van der Waals surface area (Å²) in [5, 5.41) is 4.39. The quantitative estimate of drug-likeness (QED) is 0.728. The van der Waals surface area contributed by atoms with Gasteiger partial charge in [-0.15, -0.1) is 0 Å². The van der Waals surface area contributed by atoms with E-state index in [9.17, 15) is 4.79 Å². The predicted molar refractivity (Wildman–Crippen MR) is 115 cm³/mol. The maximum atomic E-state index is 12.8. The van der Waals surface area contributed by atoms with Crippen LogP contribution in [0.25, 0.3) is 10.9 Å². The number of likely N-dealkylation sites (N-methyl/N-ethyl adjacent to an activating group) is 1. The minimum atomic E-state index is 0.0946. The molecule has 1 aliphatic rings. The van der Waals surface area contributed by atoms with Gasteiger partial charge in [0.05, 0.1) is 6.42 Å². The van der Waals surface area contributed by atoms with Crippen LogP contribution < -0.4 is 5.32 Å². The number of aromatic nitrogens is 1. The second-order valence-electron chi connectivity index (χ2n) is 8.20.